The van der Waals surface area contributed by atoms with Crippen LogP contribution < -0.4 is 16.0 Å². The smallest absolute Gasteiger partial charge is 0.335 e. The summed E-state index contributed by atoms with van der Waals surface area (Å²) in [5.74, 6) is -0.603. The van der Waals surface area contributed by atoms with Crippen molar-refractivity contribution in [2.75, 3.05) is 0 Å². The van der Waals surface area contributed by atoms with E-state index in [9.17, 15) is 23.1 Å². The molecule has 35 heavy (non-hydrogen) atoms. The summed E-state index contributed by atoms with van der Waals surface area (Å²) in [5.41, 5.74) is -0.464. The molecule has 0 bridgehead atoms. The van der Waals surface area contributed by atoms with E-state index in [4.69, 9.17) is 11.6 Å². The molecule has 0 unspecified atom stereocenters. The first-order valence-corrected chi connectivity index (χ1v) is 12.1. The molecule has 11 heteroatoms. The minimum Gasteiger partial charge on any atom is -0.493 e. The van der Waals surface area contributed by atoms with Gasteiger partial charge in [0.2, 0.25) is 15.9 Å². The fourth-order valence-corrected chi connectivity index (χ4v) is 4.34. The Labute approximate surface area is 205 Å². The standard InChI is InChI=1S/C24H19ClN4O5S/c25-17-6-10-19(11-7-17)29-23(31)21(22(30)28-24(29)32)15-26-18-8-12-20(13-9-18)35(33,34)27-14-16-4-2-1-3-5-16/h1-13,15,27,31H,14H2,(H,28,30,32). The van der Waals surface area contributed by atoms with E-state index in [2.05, 4.69) is 14.7 Å². The van der Waals surface area contributed by atoms with Crippen molar-refractivity contribution in [2.24, 2.45) is 4.99 Å². The van der Waals surface area contributed by atoms with Gasteiger partial charge in [-0.05, 0) is 54.1 Å². The van der Waals surface area contributed by atoms with Crippen molar-refractivity contribution < 1.29 is 13.5 Å². The van der Waals surface area contributed by atoms with Gasteiger partial charge < -0.3 is 5.11 Å². The Hall–Kier alpha value is -3.99. The van der Waals surface area contributed by atoms with Gasteiger partial charge in [0.1, 0.15) is 5.56 Å². The summed E-state index contributed by atoms with van der Waals surface area (Å²) in [5, 5.41) is 11.0. The number of aromatic amines is 1. The van der Waals surface area contributed by atoms with E-state index in [0.717, 1.165) is 16.3 Å². The van der Waals surface area contributed by atoms with Crippen LogP contribution in [0.5, 0.6) is 5.88 Å². The molecular formula is C24H19ClN4O5S. The van der Waals surface area contributed by atoms with Crippen LogP contribution in [-0.4, -0.2) is 29.3 Å². The van der Waals surface area contributed by atoms with E-state index < -0.39 is 27.2 Å². The van der Waals surface area contributed by atoms with E-state index >= 15 is 0 Å². The van der Waals surface area contributed by atoms with Gasteiger partial charge in [-0.3, -0.25) is 14.8 Å². The Balaban J connectivity index is 1.56. The van der Waals surface area contributed by atoms with Crippen molar-refractivity contribution in [3.63, 3.8) is 0 Å². The highest BCUT2D eigenvalue weighted by molar-refractivity contribution is 7.89. The van der Waals surface area contributed by atoms with Crippen LogP contribution in [0.3, 0.4) is 0 Å². The molecule has 0 spiro atoms. The molecule has 4 aromatic rings. The van der Waals surface area contributed by atoms with Crippen LogP contribution in [0.25, 0.3) is 5.69 Å². The van der Waals surface area contributed by atoms with E-state index in [1.165, 1.54) is 48.5 Å². The molecule has 3 N–H and O–H groups in total. The highest BCUT2D eigenvalue weighted by Gasteiger charge is 2.15. The van der Waals surface area contributed by atoms with Crippen LogP contribution in [0.2, 0.25) is 5.02 Å². The second-order valence-corrected chi connectivity index (χ2v) is 9.57. The lowest BCUT2D eigenvalue weighted by Gasteiger charge is -2.09. The van der Waals surface area contributed by atoms with Crippen molar-refractivity contribution in [3.8, 4) is 11.6 Å². The number of aromatic nitrogens is 2. The summed E-state index contributed by atoms with van der Waals surface area (Å²) in [6, 6.07) is 20.8. The zero-order valence-corrected chi connectivity index (χ0v) is 19.6. The number of aliphatic imine (C=N–C) groups is 1. The lowest BCUT2D eigenvalue weighted by atomic mass is 10.2. The number of nitrogens with zero attached hydrogens (tertiary/aromatic N) is 2. The lowest BCUT2D eigenvalue weighted by molar-refractivity contribution is 0.430. The minimum atomic E-state index is -3.74. The highest BCUT2D eigenvalue weighted by Crippen LogP contribution is 2.20. The first kappa shape index (κ1) is 24.1. The second kappa shape index (κ2) is 10.1. The maximum atomic E-state index is 12.5. The number of nitrogens with one attached hydrogen (secondary N) is 2. The van der Waals surface area contributed by atoms with Crippen molar-refractivity contribution >= 4 is 33.5 Å². The number of halogens is 1. The van der Waals surface area contributed by atoms with Crippen LogP contribution >= 0.6 is 11.6 Å². The molecule has 0 radical (unpaired) electrons. The molecule has 0 fully saturated rings. The first-order valence-electron chi connectivity index (χ1n) is 10.3. The molecule has 0 saturated carbocycles. The van der Waals surface area contributed by atoms with Crippen molar-refractivity contribution in [2.45, 2.75) is 11.4 Å². The molecule has 0 atom stereocenters. The number of benzene rings is 3. The van der Waals surface area contributed by atoms with Gasteiger partial charge in [-0.2, -0.15) is 0 Å². The maximum absolute atomic E-state index is 12.5. The van der Waals surface area contributed by atoms with Gasteiger partial charge in [-0.25, -0.2) is 22.5 Å². The van der Waals surface area contributed by atoms with E-state index in [1.54, 1.807) is 0 Å². The zero-order chi connectivity index (χ0) is 25.0. The quantitative estimate of drug-likeness (QED) is 0.328. The Bertz CT molecular complexity index is 1600. The average molecular weight is 511 g/mol. The third-order valence-corrected chi connectivity index (χ3v) is 6.67. The van der Waals surface area contributed by atoms with Crippen molar-refractivity contribution in [1.29, 1.82) is 0 Å². The van der Waals surface area contributed by atoms with E-state index in [0.29, 0.717) is 16.4 Å². The van der Waals surface area contributed by atoms with Gasteiger partial charge in [-0.1, -0.05) is 41.9 Å². The van der Waals surface area contributed by atoms with Crippen molar-refractivity contribution in [1.82, 2.24) is 14.3 Å². The number of sulfonamides is 1. The number of rotatable bonds is 7. The molecule has 0 aliphatic heterocycles. The number of aromatic hydroxyl groups is 1. The summed E-state index contributed by atoms with van der Waals surface area (Å²) in [7, 11) is -3.74. The predicted molar refractivity (Wildman–Crippen MR) is 133 cm³/mol. The van der Waals surface area contributed by atoms with Crippen LogP contribution in [0.4, 0.5) is 5.69 Å². The van der Waals surface area contributed by atoms with Gasteiger partial charge in [0.25, 0.3) is 5.56 Å². The van der Waals surface area contributed by atoms with Gasteiger partial charge in [0, 0.05) is 17.8 Å². The van der Waals surface area contributed by atoms with Crippen LogP contribution in [-0.2, 0) is 16.6 Å². The Morgan fingerprint density at radius 1 is 0.971 bits per heavy atom. The van der Waals surface area contributed by atoms with Crippen molar-refractivity contribution in [3.05, 3.63) is 116 Å². The fourth-order valence-electron chi connectivity index (χ4n) is 3.19. The van der Waals surface area contributed by atoms with E-state index in [-0.39, 0.29) is 17.0 Å². The summed E-state index contributed by atoms with van der Waals surface area (Å²) in [6.45, 7) is 0.147. The van der Waals surface area contributed by atoms with Gasteiger partial charge in [0.05, 0.1) is 16.3 Å². The summed E-state index contributed by atoms with van der Waals surface area (Å²) < 4.78 is 28.5. The summed E-state index contributed by atoms with van der Waals surface area (Å²) in [4.78, 5) is 30.8. The van der Waals surface area contributed by atoms with Crippen LogP contribution in [0, 0.1) is 0 Å². The largest absolute Gasteiger partial charge is 0.493 e. The van der Waals surface area contributed by atoms with E-state index in [1.807, 2.05) is 30.3 Å². The molecule has 1 aromatic heterocycles. The third-order valence-electron chi connectivity index (χ3n) is 5.00. The Kier molecular flexibility index (Phi) is 6.97. The summed E-state index contributed by atoms with van der Waals surface area (Å²) in [6.07, 6.45) is 1.09. The normalized spacial score (nSPS) is 11.7. The number of H-pyrrole nitrogens is 1. The molecule has 0 saturated heterocycles. The lowest BCUT2D eigenvalue weighted by Crippen LogP contribution is -2.31. The van der Waals surface area contributed by atoms with Gasteiger partial charge in [-0.15, -0.1) is 0 Å². The SMILES string of the molecule is O=c1[nH]c(=O)n(-c2ccc(Cl)cc2)c(O)c1C=Nc1ccc(S(=O)(=O)NCc2ccccc2)cc1. The highest BCUT2D eigenvalue weighted by atomic mass is 35.5. The van der Waals surface area contributed by atoms with Crippen LogP contribution in [0.15, 0.2) is 98.3 Å². The minimum absolute atomic E-state index is 0.0457. The third kappa shape index (κ3) is 5.57. The molecule has 0 aliphatic rings. The maximum Gasteiger partial charge on any atom is 0.335 e. The molecule has 0 amide bonds. The second-order valence-electron chi connectivity index (χ2n) is 7.37. The monoisotopic (exact) mass is 510 g/mol. The summed E-state index contributed by atoms with van der Waals surface area (Å²) >= 11 is 5.87. The molecule has 0 aliphatic carbocycles. The molecule has 9 nitrogen and oxygen atoms in total. The topological polar surface area (TPSA) is 134 Å². The predicted octanol–water partition coefficient (Wildman–Crippen LogP) is 3.11. The molecule has 1 heterocycles. The number of hydrogen-bond acceptors (Lipinski definition) is 6. The molecule has 178 valence electrons. The average Bonchev–Trinajstić information content (AvgIpc) is 2.84. The van der Waals surface area contributed by atoms with Crippen LogP contribution in [0.1, 0.15) is 11.1 Å². The van der Waals surface area contributed by atoms with Gasteiger partial charge in [0.15, 0.2) is 0 Å². The Morgan fingerprint density at radius 3 is 2.29 bits per heavy atom. The molecular weight excluding hydrogens is 492 g/mol. The van der Waals surface area contributed by atoms with Gasteiger partial charge >= 0.3 is 5.69 Å². The zero-order valence-electron chi connectivity index (χ0n) is 18.1. The first-order chi connectivity index (χ1) is 16.7. The molecule has 4 rings (SSSR count). The number of hydrogen-bond donors (Lipinski definition) is 3. The molecule has 3 aromatic carbocycles. The Morgan fingerprint density at radius 2 is 1.63 bits per heavy atom. The fraction of sp³-hybridized carbons (Fsp3) is 0.0417.